The van der Waals surface area contributed by atoms with Crippen LogP contribution in [0.2, 0.25) is 0 Å². The molecule has 0 radical (unpaired) electrons. The van der Waals surface area contributed by atoms with Crippen LogP contribution in [0.15, 0.2) is 54.6 Å². The van der Waals surface area contributed by atoms with E-state index < -0.39 is 35.8 Å². The first-order chi connectivity index (χ1) is 33.6. The van der Waals surface area contributed by atoms with Crippen molar-refractivity contribution in [1.82, 2.24) is 0 Å². The summed E-state index contributed by atoms with van der Waals surface area (Å²) in [7, 11) is 0. The number of carbonyl (C=O) groups excluding carboxylic acids is 7. The second-order valence-corrected chi connectivity index (χ2v) is 16.2. The maximum absolute atomic E-state index is 12.6. The summed E-state index contributed by atoms with van der Waals surface area (Å²) in [6.45, 7) is 13.8. The van der Waals surface area contributed by atoms with Gasteiger partial charge in [0.25, 0.3) is 0 Å². The molecule has 2 N–H and O–H groups in total. The maximum Gasteiger partial charge on any atom is 0.342 e. The Morgan fingerprint density at radius 1 is 0.400 bits per heavy atom. The first kappa shape index (κ1) is 61.6. The molecule has 0 amide bonds. The lowest BCUT2D eigenvalue weighted by Crippen LogP contribution is -2.14. The summed E-state index contributed by atoms with van der Waals surface area (Å²) >= 11 is 0. The highest BCUT2D eigenvalue weighted by molar-refractivity contribution is 5.95. The molecule has 0 aliphatic rings. The average Bonchev–Trinajstić information content (AvgIpc) is 3.32. The fraction of sp³-hybridized carbons (Fsp3) is 0.537. The lowest BCUT2D eigenvalue weighted by Gasteiger charge is -2.12. The van der Waals surface area contributed by atoms with Gasteiger partial charge < -0.3 is 43.4 Å². The van der Waals surface area contributed by atoms with Gasteiger partial charge in [0, 0.05) is 26.2 Å². The molecule has 388 valence electrons. The van der Waals surface area contributed by atoms with Crippen LogP contribution >= 0.6 is 0 Å². The van der Waals surface area contributed by atoms with Gasteiger partial charge in [-0.15, -0.1) is 0 Å². The molecule has 0 saturated carbocycles. The van der Waals surface area contributed by atoms with E-state index in [4.69, 9.17) is 33.2 Å². The van der Waals surface area contributed by atoms with E-state index in [9.17, 15) is 43.8 Å². The van der Waals surface area contributed by atoms with Crippen molar-refractivity contribution in [3.63, 3.8) is 0 Å². The maximum atomic E-state index is 12.6. The summed E-state index contributed by atoms with van der Waals surface area (Å²) in [5.41, 5.74) is 0.194. The Morgan fingerprint density at radius 2 is 0.771 bits per heavy atom. The van der Waals surface area contributed by atoms with Gasteiger partial charge >= 0.3 is 41.8 Å². The quantitative estimate of drug-likeness (QED) is 0.0285. The number of carbonyl (C=O) groups is 7. The zero-order valence-corrected chi connectivity index (χ0v) is 42.4. The van der Waals surface area contributed by atoms with E-state index in [0.29, 0.717) is 32.7 Å². The summed E-state index contributed by atoms with van der Waals surface area (Å²) < 4.78 is 36.1. The molecule has 3 aromatic rings. The molecule has 16 nitrogen and oxygen atoms in total. The van der Waals surface area contributed by atoms with Crippen LogP contribution in [-0.4, -0.2) is 71.8 Å². The lowest BCUT2D eigenvalue weighted by atomic mass is 10.1. The number of aromatic hydroxyl groups is 2. The van der Waals surface area contributed by atoms with Gasteiger partial charge in [-0.3, -0.25) is 19.2 Å². The molecule has 0 aromatic heterocycles. The number of ether oxygens (including phenoxy) is 7. The monoisotopic (exact) mass is 981 g/mol. The molecule has 0 heterocycles. The average molecular weight is 981 g/mol. The van der Waals surface area contributed by atoms with E-state index in [1.165, 1.54) is 93.6 Å². The third-order valence-corrected chi connectivity index (χ3v) is 9.86. The van der Waals surface area contributed by atoms with Crippen molar-refractivity contribution in [3.05, 3.63) is 71.3 Å². The molecule has 3 aromatic carbocycles. The van der Waals surface area contributed by atoms with Crippen molar-refractivity contribution in [2.75, 3.05) is 19.8 Å². The number of hydrogen-bond donors (Lipinski definition) is 2. The van der Waals surface area contributed by atoms with Crippen molar-refractivity contribution in [2.45, 2.75) is 170 Å². The van der Waals surface area contributed by atoms with Gasteiger partial charge in [-0.05, 0) is 86.7 Å². The summed E-state index contributed by atoms with van der Waals surface area (Å²) in [5.74, 6) is -3.21. The smallest absolute Gasteiger partial charge is 0.342 e. The number of phenolic OH excluding ortho intramolecular Hbond substituents is 2. The second kappa shape index (κ2) is 37.4. The molecular weight excluding hydrogens is 905 g/mol. The fourth-order valence-electron chi connectivity index (χ4n) is 6.11. The van der Waals surface area contributed by atoms with Crippen LogP contribution in [0.1, 0.15) is 202 Å². The van der Waals surface area contributed by atoms with E-state index in [2.05, 4.69) is 13.8 Å². The van der Waals surface area contributed by atoms with Gasteiger partial charge in [0.1, 0.15) is 51.2 Å². The molecule has 70 heavy (non-hydrogen) atoms. The molecule has 0 bridgehead atoms. The van der Waals surface area contributed by atoms with Crippen LogP contribution in [0.5, 0.6) is 34.5 Å². The van der Waals surface area contributed by atoms with Crippen molar-refractivity contribution in [1.29, 1.82) is 0 Å². The predicted molar refractivity (Wildman–Crippen MR) is 263 cm³/mol. The zero-order chi connectivity index (χ0) is 52.1. The van der Waals surface area contributed by atoms with Crippen LogP contribution in [0.3, 0.4) is 0 Å². The van der Waals surface area contributed by atoms with Crippen LogP contribution in [0.25, 0.3) is 0 Å². The number of phenols is 2. The van der Waals surface area contributed by atoms with Crippen LogP contribution in [0, 0.1) is 0 Å². The lowest BCUT2D eigenvalue weighted by molar-refractivity contribution is -0.135. The van der Waals surface area contributed by atoms with Crippen LogP contribution < -0.4 is 18.9 Å². The Morgan fingerprint density at radius 3 is 1.21 bits per heavy atom. The van der Waals surface area contributed by atoms with Crippen molar-refractivity contribution >= 4 is 41.8 Å². The second-order valence-electron chi connectivity index (χ2n) is 16.2. The molecule has 0 spiro atoms. The normalized spacial score (nSPS) is 10.3. The SMILES string of the molecule is CCCCCCCCCCOC(=O)c1cc(OC(=O)CCC)ccc1OC(=O)CCC.CCCCCCOC(=O)c1cc(O)ccc1OC(=O)CC.CCCCOC(=O)c1cc(O)ccc1OC(C)=O. The number of rotatable bonds is 29. The van der Waals surface area contributed by atoms with Crippen molar-refractivity contribution < 1.29 is 76.9 Å². The minimum absolute atomic E-state index is 0.0429. The van der Waals surface area contributed by atoms with E-state index >= 15 is 0 Å². The van der Waals surface area contributed by atoms with Crippen molar-refractivity contribution in [3.8, 4) is 34.5 Å². The molecule has 0 fully saturated rings. The Kier molecular flexibility index (Phi) is 32.9. The molecule has 16 heteroatoms. The highest BCUT2D eigenvalue weighted by Crippen LogP contribution is 2.28. The summed E-state index contributed by atoms with van der Waals surface area (Å²) in [4.78, 5) is 82.3. The van der Waals surface area contributed by atoms with Crippen LogP contribution in [-0.2, 0) is 33.4 Å². The highest BCUT2D eigenvalue weighted by Gasteiger charge is 2.21. The zero-order valence-electron chi connectivity index (χ0n) is 42.4. The van der Waals surface area contributed by atoms with Gasteiger partial charge in [-0.1, -0.05) is 112 Å². The number of hydrogen-bond acceptors (Lipinski definition) is 16. The summed E-state index contributed by atoms with van der Waals surface area (Å²) in [6.07, 6.45) is 16.9. The standard InChI is InChI=1S/C25H38O6.C16H22O5.C13H16O5/c1-4-7-8-9-10-11-12-13-18-29-25(28)21-19-20(30-23(26)14-5-2)16-17-22(21)31-24(27)15-6-3;1-3-5-6-7-10-20-16(19)13-11-12(17)8-9-14(13)21-15(18)4-2;1-3-4-7-17-13(16)11-8-10(15)5-6-12(11)18-9(2)14/h16-17,19H,4-15,18H2,1-3H3;8-9,11,17H,3-7,10H2,1-2H3;5-6,8,15H,3-4,7H2,1-2H3. The molecule has 0 aliphatic heterocycles. The minimum atomic E-state index is -0.615. The molecule has 0 atom stereocenters. The van der Waals surface area contributed by atoms with Gasteiger partial charge in [0.2, 0.25) is 0 Å². The molecule has 0 saturated heterocycles. The Balaban J connectivity index is 0.000000549. The highest BCUT2D eigenvalue weighted by atomic mass is 16.6. The third kappa shape index (κ3) is 26.9. The van der Waals surface area contributed by atoms with Gasteiger partial charge in [-0.25, -0.2) is 14.4 Å². The van der Waals surface area contributed by atoms with E-state index in [0.717, 1.165) is 57.8 Å². The Hall–Kier alpha value is -6.45. The summed E-state index contributed by atoms with van der Waals surface area (Å²) in [6, 6.07) is 12.3. The molecule has 0 aliphatic carbocycles. The topological polar surface area (TPSA) is 225 Å². The number of unbranched alkanes of at least 4 members (excludes halogenated alkanes) is 11. The first-order valence-corrected chi connectivity index (χ1v) is 24.8. The predicted octanol–water partition coefficient (Wildman–Crippen LogP) is 12.1. The largest absolute Gasteiger partial charge is 0.508 e. The molecular formula is C54H76O16. The van der Waals surface area contributed by atoms with Gasteiger partial charge in [0.15, 0.2) is 0 Å². The summed E-state index contributed by atoms with van der Waals surface area (Å²) in [5, 5.41) is 18.8. The van der Waals surface area contributed by atoms with E-state index in [-0.39, 0.29) is 76.4 Å². The molecule has 3 rings (SSSR count). The van der Waals surface area contributed by atoms with E-state index in [1.807, 2.05) is 20.8 Å². The fourth-order valence-corrected chi connectivity index (χ4v) is 6.11. The minimum Gasteiger partial charge on any atom is -0.508 e. The number of esters is 7. The van der Waals surface area contributed by atoms with Gasteiger partial charge in [-0.2, -0.15) is 0 Å². The Bertz CT molecular complexity index is 2060. The third-order valence-electron chi connectivity index (χ3n) is 9.86. The molecule has 0 unspecified atom stereocenters. The van der Waals surface area contributed by atoms with Gasteiger partial charge in [0.05, 0.1) is 19.8 Å². The number of benzene rings is 3. The first-order valence-electron chi connectivity index (χ1n) is 24.8. The van der Waals surface area contributed by atoms with Crippen molar-refractivity contribution in [2.24, 2.45) is 0 Å². The van der Waals surface area contributed by atoms with E-state index in [1.54, 1.807) is 6.92 Å². The van der Waals surface area contributed by atoms with Crippen LogP contribution in [0.4, 0.5) is 0 Å². The Labute approximate surface area is 413 Å².